The van der Waals surface area contributed by atoms with Crippen LogP contribution in [-0.4, -0.2) is 28.9 Å². The van der Waals surface area contributed by atoms with Crippen molar-refractivity contribution in [2.75, 3.05) is 0 Å². The van der Waals surface area contributed by atoms with E-state index < -0.39 is 28.6 Å². The van der Waals surface area contributed by atoms with Crippen molar-refractivity contribution in [1.82, 2.24) is 5.32 Å². The Morgan fingerprint density at radius 2 is 2.04 bits per heavy atom. The van der Waals surface area contributed by atoms with Crippen LogP contribution in [0, 0.1) is 10.1 Å². The Labute approximate surface area is 138 Å². The van der Waals surface area contributed by atoms with Crippen molar-refractivity contribution >= 4 is 29.2 Å². The van der Waals surface area contributed by atoms with Gasteiger partial charge in [0, 0.05) is 17.1 Å². The second-order valence-electron chi connectivity index (χ2n) is 5.46. The predicted octanol–water partition coefficient (Wildman–Crippen LogP) is 2.85. The van der Waals surface area contributed by atoms with E-state index >= 15 is 0 Å². The SMILES string of the molecule is C[C@H](OC(=O)c1cc(Cl)ccc1[N+](=O)[O-])C(=O)NC1CCCC1. The summed E-state index contributed by atoms with van der Waals surface area (Å²) in [4.78, 5) is 34.4. The Morgan fingerprint density at radius 1 is 1.39 bits per heavy atom. The molecule has 124 valence electrons. The number of nitrogens with one attached hydrogen (secondary N) is 1. The predicted molar refractivity (Wildman–Crippen MR) is 83.4 cm³/mol. The molecule has 1 aliphatic carbocycles. The number of halogens is 1. The first kappa shape index (κ1) is 17.2. The highest BCUT2D eigenvalue weighted by Crippen LogP contribution is 2.24. The molecule has 2 rings (SSSR count). The lowest BCUT2D eigenvalue weighted by Gasteiger charge is -2.17. The molecule has 1 amide bonds. The lowest BCUT2D eigenvalue weighted by atomic mass is 10.2. The van der Waals surface area contributed by atoms with E-state index in [1.807, 2.05) is 0 Å². The molecule has 0 spiro atoms. The van der Waals surface area contributed by atoms with Gasteiger partial charge in [-0.3, -0.25) is 14.9 Å². The quantitative estimate of drug-likeness (QED) is 0.505. The highest BCUT2D eigenvalue weighted by atomic mass is 35.5. The normalized spacial score (nSPS) is 15.9. The first-order chi connectivity index (χ1) is 10.9. The molecule has 1 aromatic rings. The molecule has 1 aromatic carbocycles. The number of benzene rings is 1. The van der Waals surface area contributed by atoms with Crippen LogP contribution in [0.5, 0.6) is 0 Å². The fraction of sp³-hybridized carbons (Fsp3) is 0.467. The Bertz CT molecular complexity index is 628. The number of nitro benzene ring substituents is 1. The van der Waals surface area contributed by atoms with Crippen LogP contribution in [0.4, 0.5) is 5.69 Å². The first-order valence-electron chi connectivity index (χ1n) is 7.34. The molecule has 0 saturated heterocycles. The maximum Gasteiger partial charge on any atom is 0.345 e. The van der Waals surface area contributed by atoms with Gasteiger partial charge in [0.15, 0.2) is 6.10 Å². The van der Waals surface area contributed by atoms with E-state index in [0.29, 0.717) is 0 Å². The Balaban J connectivity index is 2.04. The Hall–Kier alpha value is -2.15. The van der Waals surface area contributed by atoms with Gasteiger partial charge in [0.2, 0.25) is 0 Å². The monoisotopic (exact) mass is 340 g/mol. The van der Waals surface area contributed by atoms with Gasteiger partial charge in [0.1, 0.15) is 5.56 Å². The van der Waals surface area contributed by atoms with Gasteiger partial charge in [0.05, 0.1) is 4.92 Å². The minimum atomic E-state index is -1.04. The summed E-state index contributed by atoms with van der Waals surface area (Å²) in [5.74, 6) is -1.36. The molecule has 8 heteroatoms. The van der Waals surface area contributed by atoms with Crippen molar-refractivity contribution in [2.45, 2.75) is 44.8 Å². The maximum atomic E-state index is 12.1. The molecule has 0 heterocycles. The van der Waals surface area contributed by atoms with E-state index in [9.17, 15) is 19.7 Å². The van der Waals surface area contributed by atoms with Gasteiger partial charge in [0.25, 0.3) is 11.6 Å². The van der Waals surface area contributed by atoms with Gasteiger partial charge in [-0.15, -0.1) is 0 Å². The van der Waals surface area contributed by atoms with Crippen LogP contribution in [0.1, 0.15) is 43.0 Å². The largest absolute Gasteiger partial charge is 0.449 e. The number of nitrogens with zero attached hydrogens (tertiary/aromatic N) is 1. The lowest BCUT2D eigenvalue weighted by Crippen LogP contribution is -2.40. The van der Waals surface area contributed by atoms with E-state index in [-0.39, 0.29) is 16.6 Å². The fourth-order valence-electron chi connectivity index (χ4n) is 2.50. The van der Waals surface area contributed by atoms with Crippen LogP contribution >= 0.6 is 11.6 Å². The number of ether oxygens (including phenoxy) is 1. The van der Waals surface area contributed by atoms with Gasteiger partial charge < -0.3 is 10.1 Å². The van der Waals surface area contributed by atoms with Gasteiger partial charge >= 0.3 is 5.97 Å². The molecule has 23 heavy (non-hydrogen) atoms. The summed E-state index contributed by atoms with van der Waals surface area (Å²) in [6.45, 7) is 1.43. The van der Waals surface area contributed by atoms with Gasteiger partial charge in [-0.2, -0.15) is 0 Å². The average molecular weight is 341 g/mol. The van der Waals surface area contributed by atoms with E-state index in [1.165, 1.54) is 13.0 Å². The zero-order chi connectivity index (χ0) is 17.0. The number of hydrogen-bond acceptors (Lipinski definition) is 5. The summed E-state index contributed by atoms with van der Waals surface area (Å²) in [6, 6.07) is 3.70. The van der Waals surface area contributed by atoms with Crippen molar-refractivity contribution in [3.63, 3.8) is 0 Å². The smallest absolute Gasteiger partial charge is 0.345 e. The molecule has 0 aliphatic heterocycles. The highest BCUT2D eigenvalue weighted by Gasteiger charge is 2.27. The van der Waals surface area contributed by atoms with Crippen molar-refractivity contribution in [1.29, 1.82) is 0 Å². The Morgan fingerprint density at radius 3 is 2.65 bits per heavy atom. The highest BCUT2D eigenvalue weighted by molar-refractivity contribution is 6.31. The zero-order valence-corrected chi connectivity index (χ0v) is 13.3. The van der Waals surface area contributed by atoms with E-state index in [0.717, 1.165) is 37.8 Å². The molecule has 1 atom stereocenters. The molecular weight excluding hydrogens is 324 g/mol. The summed E-state index contributed by atoms with van der Waals surface area (Å²) < 4.78 is 5.04. The van der Waals surface area contributed by atoms with Crippen molar-refractivity contribution < 1.29 is 19.2 Å². The van der Waals surface area contributed by atoms with Crippen LogP contribution < -0.4 is 5.32 Å². The summed E-state index contributed by atoms with van der Waals surface area (Å²) >= 11 is 5.77. The number of carbonyl (C=O) groups excluding carboxylic acids is 2. The second kappa shape index (κ2) is 7.41. The van der Waals surface area contributed by atoms with E-state index in [1.54, 1.807) is 0 Å². The molecule has 1 N–H and O–H groups in total. The summed E-state index contributed by atoms with van der Waals surface area (Å²) in [6.07, 6.45) is 2.90. The third kappa shape index (κ3) is 4.41. The van der Waals surface area contributed by atoms with Crippen molar-refractivity contribution in [3.8, 4) is 0 Å². The third-order valence-electron chi connectivity index (χ3n) is 3.73. The number of amides is 1. The number of hydrogen-bond donors (Lipinski definition) is 1. The average Bonchev–Trinajstić information content (AvgIpc) is 2.99. The maximum absolute atomic E-state index is 12.1. The van der Waals surface area contributed by atoms with Crippen LogP contribution in [0.2, 0.25) is 5.02 Å². The van der Waals surface area contributed by atoms with Crippen LogP contribution in [-0.2, 0) is 9.53 Å². The second-order valence-corrected chi connectivity index (χ2v) is 5.89. The van der Waals surface area contributed by atoms with Gasteiger partial charge in [-0.05, 0) is 31.9 Å². The minimum absolute atomic E-state index is 0.101. The third-order valence-corrected chi connectivity index (χ3v) is 3.96. The standard InChI is InChI=1S/C15H17ClN2O5/c1-9(14(19)17-11-4-2-3-5-11)23-15(20)12-8-10(16)6-7-13(12)18(21)22/h6-9,11H,2-5H2,1H3,(H,17,19)/t9-/m0/s1. The molecule has 1 saturated carbocycles. The topological polar surface area (TPSA) is 98.5 Å². The first-order valence-corrected chi connectivity index (χ1v) is 7.71. The Kier molecular flexibility index (Phi) is 5.54. The number of esters is 1. The molecule has 7 nitrogen and oxygen atoms in total. The van der Waals surface area contributed by atoms with Gasteiger partial charge in [-0.1, -0.05) is 24.4 Å². The zero-order valence-electron chi connectivity index (χ0n) is 12.6. The molecule has 0 unspecified atom stereocenters. The molecular formula is C15H17ClN2O5. The van der Waals surface area contributed by atoms with Crippen LogP contribution in [0.3, 0.4) is 0 Å². The van der Waals surface area contributed by atoms with Crippen molar-refractivity contribution in [2.24, 2.45) is 0 Å². The number of rotatable bonds is 5. The summed E-state index contributed by atoms with van der Waals surface area (Å²) in [5, 5.41) is 13.9. The van der Waals surface area contributed by atoms with E-state index in [2.05, 4.69) is 5.32 Å². The van der Waals surface area contributed by atoms with Crippen LogP contribution in [0.15, 0.2) is 18.2 Å². The molecule has 1 aliphatic rings. The van der Waals surface area contributed by atoms with Crippen LogP contribution in [0.25, 0.3) is 0 Å². The van der Waals surface area contributed by atoms with Crippen molar-refractivity contribution in [3.05, 3.63) is 38.9 Å². The minimum Gasteiger partial charge on any atom is -0.449 e. The molecule has 0 aromatic heterocycles. The molecule has 1 fully saturated rings. The fourth-order valence-corrected chi connectivity index (χ4v) is 2.67. The summed E-state index contributed by atoms with van der Waals surface area (Å²) in [7, 11) is 0. The molecule has 0 bridgehead atoms. The number of carbonyl (C=O) groups is 2. The lowest BCUT2D eigenvalue weighted by molar-refractivity contribution is -0.385. The van der Waals surface area contributed by atoms with Gasteiger partial charge in [-0.25, -0.2) is 4.79 Å². The van der Waals surface area contributed by atoms with E-state index in [4.69, 9.17) is 16.3 Å². The number of nitro groups is 1. The molecule has 0 radical (unpaired) electrons. The summed E-state index contributed by atoms with van der Waals surface area (Å²) in [5.41, 5.74) is -0.689.